The van der Waals surface area contributed by atoms with Crippen LogP contribution in [0, 0.1) is 0 Å². The molecule has 6 heteroatoms. The van der Waals surface area contributed by atoms with Crippen LogP contribution in [0.5, 0.6) is 0 Å². The summed E-state index contributed by atoms with van der Waals surface area (Å²) in [6.45, 7) is 6.46. The van der Waals surface area contributed by atoms with Crippen molar-refractivity contribution in [3.8, 4) is 0 Å². The van der Waals surface area contributed by atoms with Gasteiger partial charge in [-0.3, -0.25) is 14.4 Å². The van der Waals surface area contributed by atoms with E-state index in [0.29, 0.717) is 19.3 Å². The molecule has 0 aromatic heterocycles. The third kappa shape index (κ3) is 49.9. The maximum Gasteiger partial charge on any atom is 0.306 e. The van der Waals surface area contributed by atoms with E-state index in [2.05, 4.69) is 93.7 Å². The van der Waals surface area contributed by atoms with E-state index in [1.54, 1.807) is 0 Å². The van der Waals surface area contributed by atoms with Crippen LogP contribution in [0.15, 0.2) is 72.9 Å². The van der Waals surface area contributed by atoms with Crippen molar-refractivity contribution in [1.82, 2.24) is 0 Å². The van der Waals surface area contributed by atoms with Gasteiger partial charge in [-0.1, -0.05) is 203 Å². The molecule has 0 rings (SSSR count). The minimum atomic E-state index is -0.800. The summed E-state index contributed by atoms with van der Waals surface area (Å²) in [5, 5.41) is 0. The van der Waals surface area contributed by atoms with Crippen molar-refractivity contribution in [3.63, 3.8) is 0 Å². The molecule has 0 aliphatic heterocycles. The molecular weight excluding hydrogens is 793 g/mol. The first-order valence-electron chi connectivity index (χ1n) is 26.9. The Hall–Kier alpha value is -3.15. The molecule has 0 aromatic rings. The van der Waals surface area contributed by atoms with Crippen LogP contribution in [0.2, 0.25) is 0 Å². The topological polar surface area (TPSA) is 78.9 Å². The molecule has 0 amide bonds. The van der Waals surface area contributed by atoms with Crippen LogP contribution in [0.4, 0.5) is 0 Å². The Kier molecular flexibility index (Phi) is 49.9. The third-order valence-corrected chi connectivity index (χ3v) is 11.4. The quantitative estimate of drug-likeness (QED) is 0.0262. The number of hydrogen-bond donors (Lipinski definition) is 0. The summed E-state index contributed by atoms with van der Waals surface area (Å²) < 4.78 is 16.8. The van der Waals surface area contributed by atoms with Gasteiger partial charge in [0.15, 0.2) is 6.10 Å². The van der Waals surface area contributed by atoms with Crippen molar-refractivity contribution in [2.24, 2.45) is 0 Å². The third-order valence-electron chi connectivity index (χ3n) is 11.4. The minimum absolute atomic E-state index is 0.0955. The summed E-state index contributed by atoms with van der Waals surface area (Å²) in [5.74, 6) is -0.946. The summed E-state index contributed by atoms with van der Waals surface area (Å²) in [7, 11) is 0. The van der Waals surface area contributed by atoms with Crippen molar-refractivity contribution in [2.75, 3.05) is 13.2 Å². The van der Waals surface area contributed by atoms with Crippen molar-refractivity contribution in [2.45, 2.75) is 264 Å². The lowest BCUT2D eigenvalue weighted by atomic mass is 10.1. The first-order valence-corrected chi connectivity index (χ1v) is 26.9. The van der Waals surface area contributed by atoms with Gasteiger partial charge in [0.1, 0.15) is 13.2 Å². The van der Waals surface area contributed by atoms with E-state index in [4.69, 9.17) is 14.2 Å². The fourth-order valence-electron chi connectivity index (χ4n) is 7.36. The van der Waals surface area contributed by atoms with Crippen LogP contribution in [-0.2, 0) is 28.6 Å². The van der Waals surface area contributed by atoms with E-state index < -0.39 is 6.10 Å². The Morgan fingerprint density at radius 1 is 0.328 bits per heavy atom. The maximum atomic E-state index is 12.8. The van der Waals surface area contributed by atoms with Crippen molar-refractivity contribution in [1.29, 1.82) is 0 Å². The monoisotopic (exact) mass is 893 g/mol. The van der Waals surface area contributed by atoms with E-state index >= 15 is 0 Å². The molecule has 6 nitrogen and oxygen atoms in total. The molecule has 0 saturated carbocycles. The molecule has 0 fully saturated rings. The number of carbonyl (C=O) groups excluding carboxylic acids is 3. The van der Waals surface area contributed by atoms with Crippen LogP contribution < -0.4 is 0 Å². The number of rotatable bonds is 48. The molecule has 0 radical (unpaired) electrons. The molecule has 368 valence electrons. The molecule has 1 unspecified atom stereocenters. The van der Waals surface area contributed by atoms with Gasteiger partial charge in [0.2, 0.25) is 0 Å². The minimum Gasteiger partial charge on any atom is -0.462 e. The van der Waals surface area contributed by atoms with Gasteiger partial charge in [-0.2, -0.15) is 0 Å². The highest BCUT2D eigenvalue weighted by Crippen LogP contribution is 2.14. The van der Waals surface area contributed by atoms with Crippen molar-refractivity contribution < 1.29 is 28.6 Å². The molecule has 64 heavy (non-hydrogen) atoms. The number of carbonyl (C=O) groups is 3. The lowest BCUT2D eigenvalue weighted by Crippen LogP contribution is -2.30. The van der Waals surface area contributed by atoms with Gasteiger partial charge in [-0.25, -0.2) is 0 Å². The number of hydrogen-bond acceptors (Lipinski definition) is 6. The largest absolute Gasteiger partial charge is 0.462 e. The van der Waals surface area contributed by atoms with Gasteiger partial charge in [-0.15, -0.1) is 0 Å². The van der Waals surface area contributed by atoms with Crippen LogP contribution >= 0.6 is 0 Å². The molecule has 0 bridgehead atoms. The Bertz CT molecular complexity index is 1210. The fraction of sp³-hybridized carbons (Fsp3) is 0.741. The van der Waals surface area contributed by atoms with Gasteiger partial charge in [0.05, 0.1) is 0 Å². The van der Waals surface area contributed by atoms with Crippen LogP contribution in [-0.4, -0.2) is 37.2 Å². The van der Waals surface area contributed by atoms with Crippen LogP contribution in [0.1, 0.15) is 258 Å². The predicted molar refractivity (Wildman–Crippen MR) is 274 cm³/mol. The number of esters is 3. The summed E-state index contributed by atoms with van der Waals surface area (Å²) in [4.78, 5) is 38.0. The van der Waals surface area contributed by atoms with Crippen molar-refractivity contribution in [3.05, 3.63) is 72.9 Å². The highest BCUT2D eigenvalue weighted by atomic mass is 16.6. The zero-order chi connectivity index (χ0) is 46.5. The van der Waals surface area contributed by atoms with E-state index in [1.165, 1.54) is 128 Å². The Morgan fingerprint density at radius 2 is 0.609 bits per heavy atom. The molecule has 0 aliphatic carbocycles. The molecule has 0 heterocycles. The van der Waals surface area contributed by atoms with Gasteiger partial charge in [-0.05, 0) is 109 Å². The predicted octanol–water partition coefficient (Wildman–Crippen LogP) is 17.8. The highest BCUT2D eigenvalue weighted by Gasteiger charge is 2.19. The first-order chi connectivity index (χ1) is 31.5. The van der Waals surface area contributed by atoms with Gasteiger partial charge >= 0.3 is 17.9 Å². The van der Waals surface area contributed by atoms with E-state index in [9.17, 15) is 14.4 Å². The smallest absolute Gasteiger partial charge is 0.306 e. The average molecular weight is 893 g/mol. The highest BCUT2D eigenvalue weighted by molar-refractivity contribution is 5.71. The fourth-order valence-corrected chi connectivity index (χ4v) is 7.36. The molecule has 1 atom stereocenters. The second-order valence-corrected chi connectivity index (χ2v) is 17.7. The van der Waals surface area contributed by atoms with Gasteiger partial charge < -0.3 is 14.2 Å². The number of unbranched alkanes of at least 4 members (excludes halogenated alkanes) is 25. The first kappa shape index (κ1) is 60.9. The normalized spacial score (nSPS) is 12.6. The summed E-state index contributed by atoms with van der Waals surface area (Å²) >= 11 is 0. The van der Waals surface area contributed by atoms with E-state index in [1.807, 2.05) is 0 Å². The number of allylic oxidation sites excluding steroid dienone is 12. The lowest BCUT2D eigenvalue weighted by Gasteiger charge is -2.18. The van der Waals surface area contributed by atoms with Gasteiger partial charge in [0, 0.05) is 19.3 Å². The molecule has 0 N–H and O–H groups in total. The average Bonchev–Trinajstić information content (AvgIpc) is 3.29. The molecule has 0 aliphatic rings. The SMILES string of the molecule is CC/C=C\C/C=C\C/C=C\C/C=C\CCCCC(=O)OC(COC(=O)CCCCCCC/C=C\CCCCC)COC(=O)CCCCCCCCCCC/C=C\CCCCCCCC. The van der Waals surface area contributed by atoms with E-state index in [0.717, 1.165) is 83.5 Å². The maximum absolute atomic E-state index is 12.8. The molecule has 0 aromatic carbocycles. The zero-order valence-corrected chi connectivity index (χ0v) is 42.0. The Morgan fingerprint density at radius 3 is 1.03 bits per heavy atom. The molecular formula is C58H100O6. The summed E-state index contributed by atoms with van der Waals surface area (Å²) in [5.41, 5.74) is 0. The lowest BCUT2D eigenvalue weighted by molar-refractivity contribution is -0.167. The van der Waals surface area contributed by atoms with Crippen LogP contribution in [0.3, 0.4) is 0 Å². The van der Waals surface area contributed by atoms with Crippen LogP contribution in [0.25, 0.3) is 0 Å². The van der Waals surface area contributed by atoms with Gasteiger partial charge in [0.25, 0.3) is 0 Å². The second-order valence-electron chi connectivity index (χ2n) is 17.7. The van der Waals surface area contributed by atoms with Crippen molar-refractivity contribution >= 4 is 17.9 Å². The molecule has 0 saturated heterocycles. The Labute approximate surface area is 395 Å². The number of ether oxygens (including phenoxy) is 3. The van der Waals surface area contributed by atoms with E-state index in [-0.39, 0.29) is 37.5 Å². The Balaban J connectivity index is 4.41. The zero-order valence-electron chi connectivity index (χ0n) is 42.0. The standard InChI is InChI=1S/C58H100O6/c1-4-7-10-13-16-19-22-25-27-28-29-30-32-33-36-39-42-45-48-51-57(60)63-54-55(53-62-56(59)50-47-44-41-38-35-24-21-18-15-12-9-6-3)64-58(61)52-49-46-43-40-37-34-31-26-23-20-17-14-11-8-5-2/h8,11,17-18,20-21,25-27,31,37,40,55H,4-7,9-10,12-16,19,22-24,28-30,32-36,38-39,41-54H2,1-3H3/b11-8-,20-17-,21-18-,27-25-,31-26-,40-37-. The summed E-state index contributed by atoms with van der Waals surface area (Å²) in [6, 6.07) is 0. The second kappa shape index (κ2) is 52.5. The molecule has 0 spiro atoms. The summed E-state index contributed by atoms with van der Waals surface area (Å²) in [6.07, 6.45) is 66.1.